The summed E-state index contributed by atoms with van der Waals surface area (Å²) in [6, 6.07) is 8.89. The Bertz CT molecular complexity index is 403. The van der Waals surface area contributed by atoms with Crippen molar-refractivity contribution in [2.75, 3.05) is 18.3 Å². The van der Waals surface area contributed by atoms with Gasteiger partial charge in [0.2, 0.25) is 0 Å². The first-order valence-electron chi connectivity index (χ1n) is 5.35. The van der Waals surface area contributed by atoms with Gasteiger partial charge in [-0.3, -0.25) is 4.72 Å². The Morgan fingerprint density at radius 2 is 1.88 bits per heavy atom. The van der Waals surface area contributed by atoms with Crippen LogP contribution in [0.5, 0.6) is 0 Å². The van der Waals surface area contributed by atoms with Crippen LogP contribution in [0.2, 0.25) is 0 Å². The predicted octanol–water partition coefficient (Wildman–Crippen LogP) is 2.08. The molecule has 0 fully saturated rings. The Morgan fingerprint density at radius 1 is 1.25 bits per heavy atom. The minimum Gasteiger partial charge on any atom is -0.271 e. The highest BCUT2D eigenvalue weighted by Gasteiger charge is 2.16. The predicted molar refractivity (Wildman–Crippen MR) is 66.5 cm³/mol. The highest BCUT2D eigenvalue weighted by atomic mass is 32.2. The summed E-state index contributed by atoms with van der Waals surface area (Å²) in [5.41, 5.74) is 0.589. The van der Waals surface area contributed by atoms with E-state index in [1.54, 1.807) is 31.3 Å². The summed E-state index contributed by atoms with van der Waals surface area (Å²) < 4.78 is 27.5. The zero-order chi connectivity index (χ0) is 12.0. The van der Waals surface area contributed by atoms with Gasteiger partial charge in [0.05, 0.1) is 0 Å². The first-order chi connectivity index (χ1) is 7.56. The van der Waals surface area contributed by atoms with Crippen molar-refractivity contribution in [1.29, 1.82) is 0 Å². The molecule has 0 amide bonds. The van der Waals surface area contributed by atoms with Crippen molar-refractivity contribution < 1.29 is 8.42 Å². The van der Waals surface area contributed by atoms with Crippen LogP contribution in [0, 0.1) is 0 Å². The van der Waals surface area contributed by atoms with Gasteiger partial charge in [0.15, 0.2) is 0 Å². The highest BCUT2D eigenvalue weighted by molar-refractivity contribution is 7.90. The molecule has 0 unspecified atom stereocenters. The van der Waals surface area contributed by atoms with Gasteiger partial charge in [-0.15, -0.1) is 0 Å². The van der Waals surface area contributed by atoms with E-state index in [4.69, 9.17) is 0 Å². The van der Waals surface area contributed by atoms with Crippen LogP contribution >= 0.6 is 0 Å². The van der Waals surface area contributed by atoms with Crippen LogP contribution in [0.25, 0.3) is 0 Å². The number of hydrogen-bond acceptors (Lipinski definition) is 2. The molecule has 1 rings (SSSR count). The quantitative estimate of drug-likeness (QED) is 0.830. The molecule has 5 heteroatoms. The lowest BCUT2D eigenvalue weighted by atomic mass is 10.3. The van der Waals surface area contributed by atoms with Gasteiger partial charge in [0.25, 0.3) is 0 Å². The van der Waals surface area contributed by atoms with Crippen LogP contribution in [-0.2, 0) is 10.2 Å². The van der Waals surface area contributed by atoms with E-state index in [-0.39, 0.29) is 0 Å². The second-order valence-electron chi connectivity index (χ2n) is 3.65. The fraction of sp³-hybridized carbons (Fsp3) is 0.455. The van der Waals surface area contributed by atoms with Crippen molar-refractivity contribution in [3.63, 3.8) is 0 Å². The van der Waals surface area contributed by atoms with E-state index in [1.165, 1.54) is 4.31 Å². The van der Waals surface area contributed by atoms with Crippen molar-refractivity contribution in [2.24, 2.45) is 0 Å². The number of benzene rings is 1. The largest absolute Gasteiger partial charge is 0.301 e. The van der Waals surface area contributed by atoms with E-state index in [0.29, 0.717) is 12.2 Å². The summed E-state index contributed by atoms with van der Waals surface area (Å²) in [5, 5.41) is 0. The average Bonchev–Trinajstić information content (AvgIpc) is 2.26. The Balaban J connectivity index is 2.65. The van der Waals surface area contributed by atoms with Gasteiger partial charge in [-0.2, -0.15) is 12.7 Å². The van der Waals surface area contributed by atoms with Gasteiger partial charge in [-0.05, 0) is 18.6 Å². The molecule has 16 heavy (non-hydrogen) atoms. The summed E-state index contributed by atoms with van der Waals surface area (Å²) >= 11 is 0. The van der Waals surface area contributed by atoms with Crippen LogP contribution in [0.4, 0.5) is 5.69 Å². The van der Waals surface area contributed by atoms with Gasteiger partial charge in [-0.1, -0.05) is 31.5 Å². The lowest BCUT2D eigenvalue weighted by molar-refractivity contribution is 0.463. The molecule has 0 radical (unpaired) electrons. The van der Waals surface area contributed by atoms with Crippen molar-refractivity contribution in [3.05, 3.63) is 30.3 Å². The number of nitrogens with one attached hydrogen (secondary N) is 1. The number of unbranched alkanes of at least 4 members (excludes halogenated alkanes) is 1. The van der Waals surface area contributed by atoms with Gasteiger partial charge < -0.3 is 0 Å². The van der Waals surface area contributed by atoms with E-state index < -0.39 is 10.2 Å². The maximum absolute atomic E-state index is 11.8. The van der Waals surface area contributed by atoms with Crippen molar-refractivity contribution in [3.8, 4) is 0 Å². The number of rotatable bonds is 6. The standard InChI is InChI=1S/C11H18N2O2S/c1-3-4-10-13(2)16(14,15)12-11-8-6-5-7-9-11/h5-9,12H,3-4,10H2,1-2H3. The molecule has 0 bridgehead atoms. The normalized spacial score (nSPS) is 11.7. The van der Waals surface area contributed by atoms with Crippen molar-refractivity contribution in [2.45, 2.75) is 19.8 Å². The van der Waals surface area contributed by atoms with E-state index in [1.807, 2.05) is 13.0 Å². The first-order valence-corrected chi connectivity index (χ1v) is 6.79. The van der Waals surface area contributed by atoms with E-state index in [2.05, 4.69) is 4.72 Å². The maximum Gasteiger partial charge on any atom is 0.301 e. The molecule has 0 saturated carbocycles. The fourth-order valence-corrected chi connectivity index (χ4v) is 2.19. The molecule has 0 atom stereocenters. The molecule has 90 valence electrons. The van der Waals surface area contributed by atoms with Crippen molar-refractivity contribution >= 4 is 15.9 Å². The lowest BCUT2D eigenvalue weighted by Gasteiger charge is -2.17. The SMILES string of the molecule is CCCCN(C)S(=O)(=O)Nc1ccccc1. The molecule has 0 aliphatic heterocycles. The molecular weight excluding hydrogens is 224 g/mol. The van der Waals surface area contributed by atoms with Crippen LogP contribution in [0.1, 0.15) is 19.8 Å². The van der Waals surface area contributed by atoms with Gasteiger partial charge in [-0.25, -0.2) is 0 Å². The Morgan fingerprint density at radius 3 is 2.44 bits per heavy atom. The molecule has 0 saturated heterocycles. The Labute approximate surface area is 97.5 Å². The summed E-state index contributed by atoms with van der Waals surface area (Å²) in [7, 11) is -1.82. The average molecular weight is 242 g/mol. The smallest absolute Gasteiger partial charge is 0.271 e. The zero-order valence-electron chi connectivity index (χ0n) is 9.68. The molecule has 0 spiro atoms. The number of nitrogens with zero attached hydrogens (tertiary/aromatic N) is 1. The minimum absolute atomic E-state index is 0.540. The summed E-state index contributed by atoms with van der Waals surface area (Å²) in [4.78, 5) is 0. The Kier molecular flexibility index (Phi) is 4.76. The third-order valence-electron chi connectivity index (χ3n) is 2.26. The van der Waals surface area contributed by atoms with E-state index in [0.717, 1.165) is 12.8 Å². The van der Waals surface area contributed by atoms with E-state index in [9.17, 15) is 8.42 Å². The summed E-state index contributed by atoms with van der Waals surface area (Å²) in [6.07, 6.45) is 1.84. The van der Waals surface area contributed by atoms with Gasteiger partial charge in [0.1, 0.15) is 0 Å². The highest BCUT2D eigenvalue weighted by Crippen LogP contribution is 2.10. The van der Waals surface area contributed by atoms with Crippen LogP contribution < -0.4 is 4.72 Å². The molecule has 0 aliphatic rings. The monoisotopic (exact) mass is 242 g/mol. The van der Waals surface area contributed by atoms with Gasteiger partial charge >= 0.3 is 10.2 Å². The van der Waals surface area contributed by atoms with E-state index >= 15 is 0 Å². The molecule has 1 aromatic carbocycles. The second-order valence-corrected chi connectivity index (χ2v) is 5.43. The number of para-hydroxylation sites is 1. The summed E-state index contributed by atoms with van der Waals surface area (Å²) in [6.45, 7) is 2.57. The van der Waals surface area contributed by atoms with Crippen LogP contribution in [0.15, 0.2) is 30.3 Å². The third kappa shape index (κ3) is 3.83. The number of hydrogen-bond donors (Lipinski definition) is 1. The van der Waals surface area contributed by atoms with Crippen molar-refractivity contribution in [1.82, 2.24) is 4.31 Å². The third-order valence-corrected chi connectivity index (χ3v) is 3.75. The minimum atomic E-state index is -3.40. The fourth-order valence-electron chi connectivity index (χ4n) is 1.23. The number of anilines is 1. The second kappa shape index (κ2) is 5.86. The topological polar surface area (TPSA) is 49.4 Å². The van der Waals surface area contributed by atoms with Crippen LogP contribution in [-0.4, -0.2) is 26.3 Å². The molecule has 4 nitrogen and oxygen atoms in total. The molecule has 1 N–H and O–H groups in total. The molecule has 0 heterocycles. The van der Waals surface area contributed by atoms with Gasteiger partial charge in [0, 0.05) is 19.3 Å². The molecular formula is C11H18N2O2S. The summed E-state index contributed by atoms with van der Waals surface area (Å²) in [5.74, 6) is 0. The molecule has 1 aromatic rings. The molecule has 0 aromatic heterocycles. The molecule has 0 aliphatic carbocycles. The Hall–Kier alpha value is -1.07. The lowest BCUT2D eigenvalue weighted by Crippen LogP contribution is -2.33. The first kappa shape index (κ1) is 13.0. The van der Waals surface area contributed by atoms with Crippen LogP contribution in [0.3, 0.4) is 0 Å². The maximum atomic E-state index is 11.8. The zero-order valence-corrected chi connectivity index (χ0v) is 10.5.